The van der Waals surface area contributed by atoms with Crippen molar-refractivity contribution in [2.75, 3.05) is 5.73 Å². The van der Waals surface area contributed by atoms with Crippen molar-refractivity contribution < 1.29 is 0 Å². The van der Waals surface area contributed by atoms with Gasteiger partial charge < -0.3 is 10.7 Å². The highest BCUT2D eigenvalue weighted by Gasteiger charge is 2.11. The number of benzene rings is 1. The minimum absolute atomic E-state index is 0.467. The number of rotatable bonds is 1. The maximum Gasteiger partial charge on any atom is 0.150 e. The first-order valence-electron chi connectivity index (χ1n) is 6.27. The van der Waals surface area contributed by atoms with E-state index in [1.54, 1.807) is 6.20 Å². The van der Waals surface area contributed by atoms with Gasteiger partial charge >= 0.3 is 0 Å². The van der Waals surface area contributed by atoms with Gasteiger partial charge in [0, 0.05) is 17.1 Å². The second-order valence-corrected chi connectivity index (χ2v) is 4.75. The molecule has 20 heavy (non-hydrogen) atoms. The first-order chi connectivity index (χ1) is 9.72. The van der Waals surface area contributed by atoms with Crippen LogP contribution in [0, 0.1) is 6.92 Å². The molecule has 4 aromatic rings. The van der Waals surface area contributed by atoms with Crippen LogP contribution in [0.15, 0.2) is 30.5 Å². The van der Waals surface area contributed by atoms with E-state index in [9.17, 15) is 0 Å². The number of nitrogens with two attached hydrogens (primary N) is 1. The van der Waals surface area contributed by atoms with Gasteiger partial charge in [-0.2, -0.15) is 5.10 Å². The molecule has 0 radical (unpaired) electrons. The predicted molar refractivity (Wildman–Crippen MR) is 78.1 cm³/mol. The van der Waals surface area contributed by atoms with Crippen LogP contribution < -0.4 is 5.73 Å². The Labute approximate surface area is 114 Å². The Bertz CT molecular complexity index is 920. The number of aromatic nitrogens is 5. The summed E-state index contributed by atoms with van der Waals surface area (Å²) in [5, 5.41) is 7.89. The molecule has 0 fully saturated rings. The summed E-state index contributed by atoms with van der Waals surface area (Å²) in [4.78, 5) is 12.1. The lowest BCUT2D eigenvalue weighted by Crippen LogP contribution is -1.93. The van der Waals surface area contributed by atoms with Gasteiger partial charge in [-0.05, 0) is 25.1 Å². The molecule has 0 amide bonds. The fourth-order valence-electron chi connectivity index (χ4n) is 2.47. The largest absolute Gasteiger partial charge is 0.382 e. The average Bonchev–Trinajstić information content (AvgIpc) is 3.07. The Morgan fingerprint density at radius 1 is 1.15 bits per heavy atom. The van der Waals surface area contributed by atoms with Crippen LogP contribution in [-0.4, -0.2) is 25.1 Å². The van der Waals surface area contributed by atoms with Gasteiger partial charge in [-0.3, -0.25) is 5.10 Å². The summed E-state index contributed by atoms with van der Waals surface area (Å²) in [6.07, 6.45) is 1.72. The number of H-pyrrole nitrogens is 2. The van der Waals surface area contributed by atoms with Crippen molar-refractivity contribution >= 4 is 27.8 Å². The Morgan fingerprint density at radius 3 is 2.85 bits per heavy atom. The fourth-order valence-corrected chi connectivity index (χ4v) is 2.47. The van der Waals surface area contributed by atoms with Gasteiger partial charge in [0.1, 0.15) is 22.7 Å². The third-order valence-corrected chi connectivity index (χ3v) is 3.38. The molecule has 6 nitrogen and oxygen atoms in total. The minimum atomic E-state index is 0.467. The number of fused-ring (bicyclic) bond motifs is 3. The summed E-state index contributed by atoms with van der Waals surface area (Å²) in [5.74, 6) is 1.30. The molecule has 3 aromatic heterocycles. The maximum atomic E-state index is 6.00. The molecule has 0 aliphatic rings. The van der Waals surface area contributed by atoms with Crippen LogP contribution >= 0.6 is 0 Å². The van der Waals surface area contributed by atoms with E-state index in [1.807, 2.05) is 31.2 Å². The second kappa shape index (κ2) is 3.80. The van der Waals surface area contributed by atoms with Crippen LogP contribution in [0.5, 0.6) is 0 Å². The van der Waals surface area contributed by atoms with Gasteiger partial charge in [-0.25, -0.2) is 9.97 Å². The van der Waals surface area contributed by atoms with E-state index in [1.165, 1.54) is 0 Å². The third kappa shape index (κ3) is 1.48. The molecule has 4 N–H and O–H groups in total. The van der Waals surface area contributed by atoms with Crippen molar-refractivity contribution in [3.8, 4) is 11.3 Å². The number of nitrogens with one attached hydrogen (secondary N) is 2. The number of anilines is 1. The van der Waals surface area contributed by atoms with Crippen LogP contribution in [-0.2, 0) is 0 Å². The Hall–Kier alpha value is -2.89. The highest BCUT2D eigenvalue weighted by atomic mass is 15.1. The molecule has 0 atom stereocenters. The normalized spacial score (nSPS) is 11.4. The highest BCUT2D eigenvalue weighted by Crippen LogP contribution is 2.29. The van der Waals surface area contributed by atoms with E-state index in [-0.39, 0.29) is 0 Å². The van der Waals surface area contributed by atoms with Crippen molar-refractivity contribution in [2.24, 2.45) is 0 Å². The van der Waals surface area contributed by atoms with Crippen LogP contribution in [0.4, 0.5) is 5.82 Å². The van der Waals surface area contributed by atoms with Gasteiger partial charge in [-0.15, -0.1) is 0 Å². The molecule has 0 saturated carbocycles. The van der Waals surface area contributed by atoms with E-state index < -0.39 is 0 Å². The standard InChI is InChI=1S/C14H12N6/c1-7-17-12-9-3-2-8(10-4-5-16-20-10)6-11(9)19-14(15)13(12)18-7/h2-6H,1H3,(H2,15,19)(H,16,20)(H,17,18). The molecule has 98 valence electrons. The van der Waals surface area contributed by atoms with Crippen molar-refractivity contribution in [1.29, 1.82) is 0 Å². The van der Waals surface area contributed by atoms with Gasteiger partial charge in [0.05, 0.1) is 11.2 Å². The summed E-state index contributed by atoms with van der Waals surface area (Å²) < 4.78 is 0. The number of aryl methyl sites for hydroxylation is 1. The zero-order chi connectivity index (χ0) is 13.7. The average molecular weight is 264 g/mol. The maximum absolute atomic E-state index is 6.00. The lowest BCUT2D eigenvalue weighted by atomic mass is 10.1. The van der Waals surface area contributed by atoms with E-state index in [4.69, 9.17) is 5.73 Å². The van der Waals surface area contributed by atoms with Crippen molar-refractivity contribution in [1.82, 2.24) is 25.1 Å². The molecule has 3 heterocycles. The first kappa shape index (κ1) is 11.0. The predicted octanol–water partition coefficient (Wildman–Crippen LogP) is 2.39. The second-order valence-electron chi connectivity index (χ2n) is 4.75. The molecule has 0 unspecified atom stereocenters. The summed E-state index contributed by atoms with van der Waals surface area (Å²) in [6, 6.07) is 7.95. The van der Waals surface area contributed by atoms with Crippen LogP contribution in [0.3, 0.4) is 0 Å². The Balaban J connectivity index is 2.06. The van der Waals surface area contributed by atoms with E-state index >= 15 is 0 Å². The van der Waals surface area contributed by atoms with Gasteiger partial charge in [0.25, 0.3) is 0 Å². The van der Waals surface area contributed by atoms with Crippen LogP contribution in [0.25, 0.3) is 33.2 Å². The van der Waals surface area contributed by atoms with Gasteiger partial charge in [0.2, 0.25) is 0 Å². The quantitative estimate of drug-likeness (QED) is 0.491. The zero-order valence-electron chi connectivity index (χ0n) is 10.8. The molecular weight excluding hydrogens is 252 g/mol. The van der Waals surface area contributed by atoms with Crippen LogP contribution in [0.2, 0.25) is 0 Å². The number of pyridine rings is 1. The molecule has 0 saturated heterocycles. The minimum Gasteiger partial charge on any atom is -0.382 e. The van der Waals surface area contributed by atoms with Crippen molar-refractivity contribution in [3.63, 3.8) is 0 Å². The number of aromatic amines is 2. The molecular formula is C14H12N6. The first-order valence-corrected chi connectivity index (χ1v) is 6.27. The number of nitrogen functional groups attached to an aromatic ring is 1. The monoisotopic (exact) mass is 264 g/mol. The zero-order valence-corrected chi connectivity index (χ0v) is 10.8. The number of hydrogen-bond donors (Lipinski definition) is 3. The fraction of sp³-hybridized carbons (Fsp3) is 0.0714. The lowest BCUT2D eigenvalue weighted by Gasteiger charge is -2.03. The number of nitrogens with zero attached hydrogens (tertiary/aromatic N) is 3. The summed E-state index contributed by atoms with van der Waals surface area (Å²) in [5.41, 5.74) is 10.5. The van der Waals surface area contributed by atoms with E-state index in [2.05, 4.69) is 25.1 Å². The van der Waals surface area contributed by atoms with Crippen LogP contribution in [0.1, 0.15) is 5.82 Å². The lowest BCUT2D eigenvalue weighted by molar-refractivity contribution is 1.10. The van der Waals surface area contributed by atoms with Gasteiger partial charge in [0.15, 0.2) is 0 Å². The smallest absolute Gasteiger partial charge is 0.150 e. The van der Waals surface area contributed by atoms with E-state index in [0.29, 0.717) is 5.82 Å². The van der Waals surface area contributed by atoms with E-state index in [0.717, 1.165) is 39.0 Å². The highest BCUT2D eigenvalue weighted by molar-refractivity contribution is 6.06. The molecule has 0 spiro atoms. The van der Waals surface area contributed by atoms with Crippen molar-refractivity contribution in [3.05, 3.63) is 36.3 Å². The molecule has 0 aliphatic heterocycles. The number of hydrogen-bond acceptors (Lipinski definition) is 4. The Morgan fingerprint density at radius 2 is 2.05 bits per heavy atom. The molecule has 1 aromatic carbocycles. The third-order valence-electron chi connectivity index (χ3n) is 3.38. The van der Waals surface area contributed by atoms with Crippen molar-refractivity contribution in [2.45, 2.75) is 6.92 Å². The molecule has 0 aliphatic carbocycles. The summed E-state index contributed by atoms with van der Waals surface area (Å²) >= 11 is 0. The summed E-state index contributed by atoms with van der Waals surface area (Å²) in [6.45, 7) is 1.91. The molecule has 4 rings (SSSR count). The summed E-state index contributed by atoms with van der Waals surface area (Å²) in [7, 11) is 0. The topological polar surface area (TPSA) is 96.3 Å². The molecule has 6 heteroatoms. The van der Waals surface area contributed by atoms with Gasteiger partial charge in [-0.1, -0.05) is 6.07 Å². The SMILES string of the molecule is Cc1nc2c([nH]1)c(N)nc1cc(-c3ccn[nH]3)ccc12. The number of imidazole rings is 1. The Kier molecular flexibility index (Phi) is 2.09. The molecule has 0 bridgehead atoms.